The van der Waals surface area contributed by atoms with Crippen molar-refractivity contribution in [1.82, 2.24) is 9.97 Å². The first kappa shape index (κ1) is 15.6. The predicted molar refractivity (Wildman–Crippen MR) is 71.4 cm³/mol. The maximum Gasteiger partial charge on any atom is 0.329 e. The Morgan fingerprint density at radius 3 is 2.90 bits per heavy atom. The first-order valence-electron chi connectivity index (χ1n) is 5.89. The topological polar surface area (TPSA) is 145 Å². The number of nitrogens with two attached hydrogens (primary N) is 1. The third-order valence-electron chi connectivity index (χ3n) is 2.08. The Balaban J connectivity index is 2.62. The quantitative estimate of drug-likeness (QED) is 0.319. The second-order valence-corrected chi connectivity index (χ2v) is 3.66. The number of nitrogens with one attached hydrogen (secondary N) is 2. The summed E-state index contributed by atoms with van der Waals surface area (Å²) in [6, 6.07) is 0. The zero-order valence-corrected chi connectivity index (χ0v) is 11.0. The van der Waals surface area contributed by atoms with Crippen LogP contribution >= 0.6 is 0 Å². The van der Waals surface area contributed by atoms with E-state index in [1.807, 2.05) is 6.92 Å². The van der Waals surface area contributed by atoms with Gasteiger partial charge in [-0.1, -0.05) is 0 Å². The minimum atomic E-state index is -0.581. The smallest absolute Gasteiger partial charge is 0.329 e. The van der Waals surface area contributed by atoms with Crippen LogP contribution in [0.1, 0.15) is 6.92 Å². The molecule has 0 atom stereocenters. The monoisotopic (exact) mass is 284 g/mol. The molecule has 0 aliphatic carbocycles. The number of aromatic nitrogens is 2. The number of hydrogen-bond acceptors (Lipinski definition) is 8. The van der Waals surface area contributed by atoms with Gasteiger partial charge in [-0.15, -0.1) is 0 Å². The van der Waals surface area contributed by atoms with Crippen LogP contribution in [0, 0.1) is 10.1 Å². The van der Waals surface area contributed by atoms with Gasteiger partial charge in [-0.2, -0.15) is 4.98 Å². The second kappa shape index (κ2) is 7.84. The summed E-state index contributed by atoms with van der Waals surface area (Å²) in [5.74, 6) is -0.199. The molecular weight excluding hydrogens is 268 g/mol. The van der Waals surface area contributed by atoms with Crippen molar-refractivity contribution < 1.29 is 14.5 Å². The van der Waals surface area contributed by atoms with Crippen LogP contribution in [0.4, 0.5) is 17.5 Å². The number of ether oxygens (including phenoxy) is 1. The molecule has 110 valence electrons. The number of nitro groups is 1. The van der Waals surface area contributed by atoms with Gasteiger partial charge in [0.05, 0.1) is 11.5 Å². The highest BCUT2D eigenvalue weighted by molar-refractivity contribution is 5.74. The lowest BCUT2D eigenvalue weighted by atomic mass is 10.4. The first-order chi connectivity index (χ1) is 9.54. The van der Waals surface area contributed by atoms with Gasteiger partial charge in [0, 0.05) is 13.1 Å². The Labute approximate surface area is 114 Å². The summed E-state index contributed by atoms with van der Waals surface area (Å²) in [5, 5.41) is 16.5. The third kappa shape index (κ3) is 5.02. The molecule has 0 fully saturated rings. The van der Waals surface area contributed by atoms with Gasteiger partial charge in [-0.3, -0.25) is 14.9 Å². The maximum absolute atomic E-state index is 10.8. The lowest BCUT2D eigenvalue weighted by molar-refractivity contribution is -0.384. The zero-order valence-electron chi connectivity index (χ0n) is 11.0. The van der Waals surface area contributed by atoms with Gasteiger partial charge in [0.15, 0.2) is 0 Å². The fourth-order valence-electron chi connectivity index (χ4n) is 1.30. The molecule has 1 rings (SSSR count). The summed E-state index contributed by atoms with van der Waals surface area (Å²) < 4.78 is 4.93. The lowest BCUT2D eigenvalue weighted by Crippen LogP contribution is -2.21. The fraction of sp³-hybridized carbons (Fsp3) is 0.500. The summed E-state index contributed by atoms with van der Waals surface area (Å²) >= 11 is 0. The lowest BCUT2D eigenvalue weighted by Gasteiger charge is -2.08. The van der Waals surface area contributed by atoms with E-state index in [2.05, 4.69) is 20.6 Å². The highest BCUT2D eigenvalue weighted by Gasteiger charge is 2.16. The van der Waals surface area contributed by atoms with Gasteiger partial charge in [-0.05, 0) is 6.92 Å². The van der Waals surface area contributed by atoms with E-state index in [4.69, 9.17) is 10.5 Å². The molecule has 1 heterocycles. The molecule has 10 nitrogen and oxygen atoms in total. The molecule has 1 aromatic heterocycles. The normalized spacial score (nSPS) is 10.1. The predicted octanol–water partition coefficient (Wildman–Crippen LogP) is -0.270. The number of carbonyl (C=O) groups is 1. The summed E-state index contributed by atoms with van der Waals surface area (Å²) in [6.45, 7) is 2.67. The number of amides is 1. The van der Waals surface area contributed by atoms with Crippen LogP contribution in [-0.2, 0) is 9.53 Å². The van der Waals surface area contributed by atoms with Crippen molar-refractivity contribution in [2.45, 2.75) is 6.92 Å². The SMILES string of the molecule is CCNc1ncc([N+](=O)[O-])c(NCCOCC(N)=O)n1. The van der Waals surface area contributed by atoms with E-state index in [1.54, 1.807) is 0 Å². The van der Waals surface area contributed by atoms with Crippen LogP contribution in [0.15, 0.2) is 6.20 Å². The van der Waals surface area contributed by atoms with Crippen molar-refractivity contribution >= 4 is 23.4 Å². The number of nitrogens with zero attached hydrogens (tertiary/aromatic N) is 3. The standard InChI is InChI=1S/C10H16N6O4/c1-2-12-10-14-5-7(16(18)19)9(15-10)13-3-4-20-6-8(11)17/h5H,2-4,6H2,1H3,(H2,11,17)(H2,12,13,14,15). The highest BCUT2D eigenvalue weighted by atomic mass is 16.6. The Hall–Kier alpha value is -2.49. The first-order valence-corrected chi connectivity index (χ1v) is 5.89. The molecular formula is C10H16N6O4. The van der Waals surface area contributed by atoms with E-state index in [9.17, 15) is 14.9 Å². The Morgan fingerprint density at radius 1 is 1.55 bits per heavy atom. The van der Waals surface area contributed by atoms with E-state index in [-0.39, 0.29) is 31.3 Å². The molecule has 0 radical (unpaired) electrons. The van der Waals surface area contributed by atoms with Gasteiger partial charge in [0.2, 0.25) is 17.7 Å². The summed E-state index contributed by atoms with van der Waals surface area (Å²) in [7, 11) is 0. The number of primary amides is 1. The molecule has 20 heavy (non-hydrogen) atoms. The molecule has 1 aromatic rings. The van der Waals surface area contributed by atoms with E-state index in [1.165, 1.54) is 0 Å². The van der Waals surface area contributed by atoms with E-state index >= 15 is 0 Å². The average molecular weight is 284 g/mol. The molecule has 0 spiro atoms. The van der Waals surface area contributed by atoms with Crippen molar-refractivity contribution in [3.63, 3.8) is 0 Å². The Morgan fingerprint density at radius 2 is 2.30 bits per heavy atom. The summed E-state index contributed by atoms with van der Waals surface area (Å²) in [4.78, 5) is 28.5. The van der Waals surface area contributed by atoms with Gasteiger partial charge in [0.25, 0.3) is 0 Å². The molecule has 0 unspecified atom stereocenters. The number of hydrogen-bond donors (Lipinski definition) is 3. The van der Waals surface area contributed by atoms with Crippen LogP contribution in [0.25, 0.3) is 0 Å². The average Bonchev–Trinajstić information content (AvgIpc) is 2.38. The zero-order chi connectivity index (χ0) is 15.0. The van der Waals surface area contributed by atoms with E-state index < -0.39 is 10.8 Å². The van der Waals surface area contributed by atoms with Gasteiger partial charge >= 0.3 is 5.69 Å². The molecule has 1 amide bonds. The van der Waals surface area contributed by atoms with Crippen LogP contribution in [-0.4, -0.2) is 47.1 Å². The Kier molecular flexibility index (Phi) is 6.10. The Bertz CT molecular complexity index is 481. The van der Waals surface area contributed by atoms with Crippen molar-refractivity contribution in [2.24, 2.45) is 5.73 Å². The minimum absolute atomic E-state index is 0.0867. The fourth-order valence-corrected chi connectivity index (χ4v) is 1.30. The molecule has 0 saturated heterocycles. The van der Waals surface area contributed by atoms with Gasteiger partial charge in [0.1, 0.15) is 12.8 Å². The molecule has 4 N–H and O–H groups in total. The van der Waals surface area contributed by atoms with Crippen molar-refractivity contribution in [3.8, 4) is 0 Å². The molecule has 0 aliphatic rings. The van der Waals surface area contributed by atoms with Gasteiger partial charge < -0.3 is 21.1 Å². The minimum Gasteiger partial charge on any atom is -0.370 e. The van der Waals surface area contributed by atoms with E-state index in [0.717, 1.165) is 6.20 Å². The molecule has 0 aliphatic heterocycles. The van der Waals surface area contributed by atoms with Gasteiger partial charge in [-0.25, -0.2) is 4.98 Å². The summed E-state index contributed by atoms with van der Waals surface area (Å²) in [5.41, 5.74) is 4.67. The van der Waals surface area contributed by atoms with Crippen LogP contribution in [0.5, 0.6) is 0 Å². The van der Waals surface area contributed by atoms with Crippen LogP contribution < -0.4 is 16.4 Å². The second-order valence-electron chi connectivity index (χ2n) is 3.66. The number of carbonyl (C=O) groups excluding carboxylic acids is 1. The molecule has 0 bridgehead atoms. The van der Waals surface area contributed by atoms with Crippen molar-refractivity contribution in [3.05, 3.63) is 16.3 Å². The molecule has 10 heteroatoms. The van der Waals surface area contributed by atoms with Crippen molar-refractivity contribution in [1.29, 1.82) is 0 Å². The van der Waals surface area contributed by atoms with Crippen molar-refractivity contribution in [2.75, 3.05) is 36.9 Å². The van der Waals surface area contributed by atoms with E-state index in [0.29, 0.717) is 12.5 Å². The highest BCUT2D eigenvalue weighted by Crippen LogP contribution is 2.21. The van der Waals surface area contributed by atoms with Crippen LogP contribution in [0.3, 0.4) is 0 Å². The molecule has 0 aromatic carbocycles. The summed E-state index contributed by atoms with van der Waals surface area (Å²) in [6.07, 6.45) is 1.12. The largest absolute Gasteiger partial charge is 0.370 e. The molecule has 0 saturated carbocycles. The number of rotatable bonds is 9. The number of anilines is 2. The third-order valence-corrected chi connectivity index (χ3v) is 2.08. The maximum atomic E-state index is 10.8. The van der Waals surface area contributed by atoms with Crippen LogP contribution in [0.2, 0.25) is 0 Å².